The van der Waals surface area contributed by atoms with Crippen molar-refractivity contribution in [1.82, 2.24) is 0 Å². The van der Waals surface area contributed by atoms with Crippen molar-refractivity contribution >= 4 is 38.1 Å². The van der Waals surface area contributed by atoms with E-state index in [0.29, 0.717) is 24.5 Å². The second kappa shape index (κ2) is 9.20. The summed E-state index contributed by atoms with van der Waals surface area (Å²) in [5, 5.41) is 5.33. The van der Waals surface area contributed by atoms with Gasteiger partial charge in [-0.15, -0.1) is 0 Å². The Hall–Kier alpha value is -3.06. The molecule has 0 aromatic heterocycles. The molecule has 0 heterocycles. The number of carbonyl (C=O) groups is 1. The molecule has 3 aromatic carbocycles. The molecule has 0 aliphatic heterocycles. The normalized spacial score (nSPS) is 12.7. The van der Waals surface area contributed by atoms with Gasteiger partial charge in [0.15, 0.2) is 0 Å². The average molecular weight is 453 g/mol. The van der Waals surface area contributed by atoms with Gasteiger partial charge in [-0.2, -0.15) is 0 Å². The highest BCUT2D eigenvalue weighted by Gasteiger charge is 2.21. The number of hydrogen-bond donors (Lipinski definition) is 1. The van der Waals surface area contributed by atoms with Crippen LogP contribution in [-0.4, -0.2) is 33.7 Å². The van der Waals surface area contributed by atoms with Gasteiger partial charge in [-0.3, -0.25) is 9.10 Å². The molecule has 0 spiro atoms. The Morgan fingerprint density at radius 1 is 1.03 bits per heavy atom. The predicted molar refractivity (Wildman–Crippen MR) is 129 cm³/mol. The fourth-order valence-electron chi connectivity index (χ4n) is 4.36. The Morgan fingerprint density at radius 3 is 2.53 bits per heavy atom. The molecule has 1 amide bonds. The molecule has 32 heavy (non-hydrogen) atoms. The fourth-order valence-corrected chi connectivity index (χ4v) is 5.33. The molecule has 0 fully saturated rings. The monoisotopic (exact) mass is 452 g/mol. The van der Waals surface area contributed by atoms with Crippen LogP contribution in [-0.2, 0) is 27.7 Å². The molecule has 7 heteroatoms. The Bertz CT molecular complexity index is 1240. The van der Waals surface area contributed by atoms with Gasteiger partial charge >= 0.3 is 0 Å². The molecule has 0 unspecified atom stereocenters. The largest absolute Gasteiger partial charge is 0.492 e. The zero-order valence-corrected chi connectivity index (χ0v) is 19.2. The molecule has 6 nitrogen and oxygen atoms in total. The van der Waals surface area contributed by atoms with Gasteiger partial charge in [-0.25, -0.2) is 8.42 Å². The number of aryl methyl sites for hydroxylation is 2. The topological polar surface area (TPSA) is 75.7 Å². The van der Waals surface area contributed by atoms with Crippen LogP contribution in [0.1, 0.15) is 30.9 Å². The number of carbonyl (C=O) groups excluding carboxylic acids is 1. The van der Waals surface area contributed by atoms with Gasteiger partial charge in [0.05, 0.1) is 18.6 Å². The fraction of sp³-hybridized carbons (Fsp3) is 0.320. The minimum Gasteiger partial charge on any atom is -0.492 e. The summed E-state index contributed by atoms with van der Waals surface area (Å²) in [7, 11) is -3.53. The number of rotatable bonds is 9. The Labute approximate surface area is 189 Å². The molecule has 4 rings (SSSR count). The molecular formula is C25H28N2O4S. The highest BCUT2D eigenvalue weighted by Crippen LogP contribution is 2.35. The van der Waals surface area contributed by atoms with E-state index in [-0.39, 0.29) is 18.9 Å². The van der Waals surface area contributed by atoms with Gasteiger partial charge in [-0.05, 0) is 60.9 Å². The summed E-state index contributed by atoms with van der Waals surface area (Å²) in [6, 6.07) is 17.3. The van der Waals surface area contributed by atoms with Crippen molar-refractivity contribution < 1.29 is 17.9 Å². The van der Waals surface area contributed by atoms with Crippen molar-refractivity contribution in [1.29, 1.82) is 0 Å². The van der Waals surface area contributed by atoms with Crippen LogP contribution in [0.15, 0.2) is 54.6 Å². The molecule has 0 atom stereocenters. The highest BCUT2D eigenvalue weighted by atomic mass is 32.2. The van der Waals surface area contributed by atoms with Gasteiger partial charge in [0.2, 0.25) is 15.9 Å². The summed E-state index contributed by atoms with van der Waals surface area (Å²) in [5.41, 5.74) is 3.94. The zero-order chi connectivity index (χ0) is 22.7. The molecular weight excluding hydrogens is 424 g/mol. The SMILES string of the molecule is CCOc1ccccc1N(CCCC(=O)Nc1ccc2c3c(cccc13)CC2)S(C)(=O)=O. The van der Waals surface area contributed by atoms with E-state index in [0.717, 1.165) is 23.9 Å². The third kappa shape index (κ3) is 4.58. The number of nitrogens with zero attached hydrogens (tertiary/aromatic N) is 1. The lowest BCUT2D eigenvalue weighted by molar-refractivity contribution is -0.116. The average Bonchev–Trinajstić information content (AvgIpc) is 3.18. The summed E-state index contributed by atoms with van der Waals surface area (Å²) in [5.74, 6) is 0.382. The van der Waals surface area contributed by atoms with Crippen LogP contribution in [0.25, 0.3) is 10.8 Å². The van der Waals surface area contributed by atoms with Crippen LogP contribution in [0.4, 0.5) is 11.4 Å². The van der Waals surface area contributed by atoms with Crippen molar-refractivity contribution in [3.63, 3.8) is 0 Å². The minimum atomic E-state index is -3.53. The number of anilines is 2. The zero-order valence-electron chi connectivity index (χ0n) is 18.4. The summed E-state index contributed by atoms with van der Waals surface area (Å²) < 4.78 is 31.8. The molecule has 0 saturated carbocycles. The van der Waals surface area contributed by atoms with Crippen molar-refractivity contribution in [3.05, 3.63) is 65.7 Å². The lowest BCUT2D eigenvalue weighted by Gasteiger charge is -2.24. The maximum absolute atomic E-state index is 12.7. The predicted octanol–water partition coefficient (Wildman–Crippen LogP) is 4.52. The Balaban J connectivity index is 1.45. The van der Waals surface area contributed by atoms with Gasteiger partial charge in [0, 0.05) is 24.0 Å². The van der Waals surface area contributed by atoms with Crippen LogP contribution >= 0.6 is 0 Å². The number of sulfonamides is 1. The highest BCUT2D eigenvalue weighted by molar-refractivity contribution is 7.92. The first-order valence-corrected chi connectivity index (χ1v) is 12.8. The van der Waals surface area contributed by atoms with Gasteiger partial charge < -0.3 is 10.1 Å². The first-order chi connectivity index (χ1) is 15.4. The van der Waals surface area contributed by atoms with E-state index in [1.54, 1.807) is 24.3 Å². The second-order valence-electron chi connectivity index (χ2n) is 8.00. The van der Waals surface area contributed by atoms with E-state index >= 15 is 0 Å². The maximum atomic E-state index is 12.7. The molecule has 0 radical (unpaired) electrons. The smallest absolute Gasteiger partial charge is 0.232 e. The van der Waals surface area contributed by atoms with Crippen LogP contribution in [0.5, 0.6) is 5.75 Å². The lowest BCUT2D eigenvalue weighted by atomic mass is 10.0. The molecule has 3 aromatic rings. The summed E-state index contributed by atoms with van der Waals surface area (Å²) in [6.07, 6.45) is 3.85. The number of nitrogens with one attached hydrogen (secondary N) is 1. The van der Waals surface area contributed by atoms with Crippen molar-refractivity contribution in [2.75, 3.05) is 29.0 Å². The van der Waals surface area contributed by atoms with Crippen LogP contribution < -0.4 is 14.4 Å². The van der Waals surface area contributed by atoms with Gasteiger partial charge in [0.1, 0.15) is 5.75 Å². The van der Waals surface area contributed by atoms with Crippen LogP contribution in [0.2, 0.25) is 0 Å². The standard InChI is InChI=1S/C25H28N2O4S/c1-3-31-23-11-5-4-10-22(23)27(32(2,29)30)17-7-12-24(28)26-21-16-15-19-14-13-18-8-6-9-20(21)25(18)19/h4-6,8-11,15-16H,3,7,12-14,17H2,1-2H3,(H,26,28). The summed E-state index contributed by atoms with van der Waals surface area (Å²) in [4.78, 5) is 12.7. The number of amides is 1. The number of ether oxygens (including phenoxy) is 1. The first kappa shape index (κ1) is 22.1. The molecule has 168 valence electrons. The van der Waals surface area contributed by atoms with Crippen molar-refractivity contribution in [3.8, 4) is 5.75 Å². The molecule has 1 aliphatic carbocycles. The van der Waals surface area contributed by atoms with E-state index in [1.165, 1.54) is 27.1 Å². The van der Waals surface area contributed by atoms with E-state index in [2.05, 4.69) is 17.4 Å². The van der Waals surface area contributed by atoms with E-state index in [9.17, 15) is 13.2 Å². The molecule has 0 bridgehead atoms. The summed E-state index contributed by atoms with van der Waals surface area (Å²) in [6.45, 7) is 2.48. The second-order valence-corrected chi connectivity index (χ2v) is 9.91. The van der Waals surface area contributed by atoms with Crippen molar-refractivity contribution in [2.24, 2.45) is 0 Å². The number of benzene rings is 3. The van der Waals surface area contributed by atoms with E-state index < -0.39 is 10.0 Å². The number of para-hydroxylation sites is 2. The lowest BCUT2D eigenvalue weighted by Crippen LogP contribution is -2.31. The molecule has 0 saturated heterocycles. The third-order valence-corrected chi connectivity index (χ3v) is 6.93. The maximum Gasteiger partial charge on any atom is 0.232 e. The summed E-state index contributed by atoms with van der Waals surface area (Å²) >= 11 is 0. The Kier molecular flexibility index (Phi) is 6.37. The minimum absolute atomic E-state index is 0.129. The number of hydrogen-bond acceptors (Lipinski definition) is 4. The van der Waals surface area contributed by atoms with E-state index in [4.69, 9.17) is 4.74 Å². The quantitative estimate of drug-likeness (QED) is 0.518. The third-order valence-electron chi connectivity index (χ3n) is 5.75. The molecule has 1 N–H and O–H groups in total. The van der Waals surface area contributed by atoms with Crippen LogP contribution in [0, 0.1) is 0 Å². The van der Waals surface area contributed by atoms with E-state index in [1.807, 2.05) is 25.1 Å². The van der Waals surface area contributed by atoms with Crippen LogP contribution in [0.3, 0.4) is 0 Å². The Morgan fingerprint density at radius 2 is 1.78 bits per heavy atom. The van der Waals surface area contributed by atoms with Crippen molar-refractivity contribution in [2.45, 2.75) is 32.6 Å². The first-order valence-electron chi connectivity index (χ1n) is 10.9. The molecule has 1 aliphatic rings. The van der Waals surface area contributed by atoms with Gasteiger partial charge in [0.25, 0.3) is 0 Å². The van der Waals surface area contributed by atoms with Gasteiger partial charge in [-0.1, -0.05) is 36.4 Å².